The number of para-hydroxylation sites is 1. The van der Waals surface area contributed by atoms with Gasteiger partial charge < -0.3 is 10.6 Å². The summed E-state index contributed by atoms with van der Waals surface area (Å²) < 4.78 is 24.8. The number of hydrogen-bond donors (Lipinski definition) is 2. The summed E-state index contributed by atoms with van der Waals surface area (Å²) in [6.07, 6.45) is 1.12. The smallest absolute Gasteiger partial charge is 0.273 e. The van der Waals surface area contributed by atoms with E-state index >= 15 is 0 Å². The number of sulfonamides is 1. The summed E-state index contributed by atoms with van der Waals surface area (Å²) in [6, 6.07) is 14.6. The third-order valence-corrected chi connectivity index (χ3v) is 4.82. The number of amides is 1. The lowest BCUT2D eigenvalue weighted by Crippen LogP contribution is -2.27. The highest BCUT2D eigenvalue weighted by Gasteiger charge is 2.18. The summed E-state index contributed by atoms with van der Waals surface area (Å²) in [4.78, 5) is 22.7. The lowest BCUT2D eigenvalue weighted by molar-refractivity contribution is 0.0781. The van der Waals surface area contributed by atoms with E-state index in [9.17, 15) is 13.2 Å². The number of carbonyl (C=O) groups excluding carboxylic acids is 1. The van der Waals surface area contributed by atoms with Crippen LogP contribution >= 0.6 is 0 Å². The fourth-order valence-electron chi connectivity index (χ4n) is 2.76. The molecule has 2 aromatic carbocycles. The van der Waals surface area contributed by atoms with Crippen molar-refractivity contribution in [2.45, 2.75) is 13.1 Å². The van der Waals surface area contributed by atoms with Gasteiger partial charge in [0.25, 0.3) is 5.91 Å². The number of aromatic nitrogens is 2. The molecule has 0 fully saturated rings. The Kier molecular flexibility index (Phi) is 5.57. The average Bonchev–Trinajstić information content (AvgIpc) is 2.65. The highest BCUT2D eigenvalue weighted by Crippen LogP contribution is 2.18. The van der Waals surface area contributed by atoms with Crippen LogP contribution in [0.2, 0.25) is 0 Å². The molecule has 1 aromatic heterocycles. The molecule has 0 unspecified atom stereocenters. The van der Waals surface area contributed by atoms with E-state index in [1.165, 1.54) is 0 Å². The number of rotatable bonds is 6. The number of anilines is 1. The van der Waals surface area contributed by atoms with Crippen molar-refractivity contribution in [3.8, 4) is 0 Å². The molecule has 0 aliphatic rings. The first-order valence-corrected chi connectivity index (χ1v) is 10.4. The molecule has 3 N–H and O–H groups in total. The SMILES string of the molecule is CN(Cc1ccc(CNS(C)(=O)=O)cc1)C(=O)c1nc(N)nc2ccccc12. The monoisotopic (exact) mass is 399 g/mol. The van der Waals surface area contributed by atoms with Crippen molar-refractivity contribution in [2.24, 2.45) is 0 Å². The fourth-order valence-corrected chi connectivity index (χ4v) is 3.19. The Morgan fingerprint density at radius 1 is 1.07 bits per heavy atom. The quantitative estimate of drug-likeness (QED) is 0.649. The molecule has 0 saturated heterocycles. The predicted octanol–water partition coefficient (Wildman–Crippen LogP) is 1.53. The molecule has 28 heavy (non-hydrogen) atoms. The Morgan fingerprint density at radius 2 is 1.71 bits per heavy atom. The zero-order valence-corrected chi connectivity index (χ0v) is 16.4. The van der Waals surface area contributed by atoms with Crippen LogP contribution in [0.1, 0.15) is 21.6 Å². The molecular formula is C19H21N5O3S. The summed E-state index contributed by atoms with van der Waals surface area (Å²) in [7, 11) is -1.55. The molecule has 0 spiro atoms. The Balaban J connectivity index is 1.74. The van der Waals surface area contributed by atoms with Crippen LogP contribution in [0.3, 0.4) is 0 Å². The Labute approximate surface area is 163 Å². The van der Waals surface area contributed by atoms with E-state index in [1.807, 2.05) is 36.4 Å². The minimum absolute atomic E-state index is 0.0539. The number of benzene rings is 2. The van der Waals surface area contributed by atoms with Crippen molar-refractivity contribution in [2.75, 3.05) is 19.0 Å². The van der Waals surface area contributed by atoms with E-state index in [0.717, 1.165) is 17.4 Å². The van der Waals surface area contributed by atoms with Crippen LogP contribution in [-0.4, -0.2) is 42.5 Å². The minimum atomic E-state index is -3.24. The van der Waals surface area contributed by atoms with E-state index in [0.29, 0.717) is 17.4 Å². The maximum atomic E-state index is 12.9. The van der Waals surface area contributed by atoms with Crippen LogP contribution in [-0.2, 0) is 23.1 Å². The second-order valence-electron chi connectivity index (χ2n) is 6.52. The Morgan fingerprint density at radius 3 is 2.39 bits per heavy atom. The number of nitrogen functional groups attached to an aromatic ring is 1. The van der Waals surface area contributed by atoms with Gasteiger partial charge in [0.15, 0.2) is 0 Å². The molecule has 0 aliphatic carbocycles. The van der Waals surface area contributed by atoms with Gasteiger partial charge in [-0.2, -0.15) is 0 Å². The van der Waals surface area contributed by atoms with Crippen LogP contribution in [0, 0.1) is 0 Å². The van der Waals surface area contributed by atoms with Crippen LogP contribution in [0.25, 0.3) is 10.9 Å². The maximum Gasteiger partial charge on any atom is 0.273 e. The number of nitrogens with one attached hydrogen (secondary N) is 1. The highest BCUT2D eigenvalue weighted by atomic mass is 32.2. The first-order chi connectivity index (χ1) is 13.2. The molecule has 3 aromatic rings. The minimum Gasteiger partial charge on any atom is -0.368 e. The van der Waals surface area contributed by atoms with Gasteiger partial charge in [-0.25, -0.2) is 23.1 Å². The molecule has 0 atom stereocenters. The molecule has 0 bridgehead atoms. The molecule has 3 rings (SSSR count). The first kappa shape index (κ1) is 19.7. The van der Waals surface area contributed by atoms with E-state index in [1.54, 1.807) is 24.1 Å². The Hall–Kier alpha value is -3.04. The van der Waals surface area contributed by atoms with Crippen molar-refractivity contribution in [1.82, 2.24) is 19.6 Å². The van der Waals surface area contributed by atoms with Crippen molar-refractivity contribution in [3.63, 3.8) is 0 Å². The first-order valence-electron chi connectivity index (χ1n) is 8.53. The average molecular weight is 399 g/mol. The molecule has 0 saturated carbocycles. The van der Waals surface area contributed by atoms with Crippen molar-refractivity contribution in [1.29, 1.82) is 0 Å². The van der Waals surface area contributed by atoms with Crippen LogP contribution in [0.4, 0.5) is 5.95 Å². The predicted molar refractivity (Wildman–Crippen MR) is 108 cm³/mol. The summed E-state index contributed by atoms with van der Waals surface area (Å²) in [5.74, 6) is -0.203. The lowest BCUT2D eigenvalue weighted by atomic mass is 10.1. The van der Waals surface area contributed by atoms with Crippen LogP contribution in [0.15, 0.2) is 48.5 Å². The molecule has 1 heterocycles. The van der Waals surface area contributed by atoms with Gasteiger partial charge in [-0.15, -0.1) is 0 Å². The third-order valence-electron chi connectivity index (χ3n) is 4.15. The Bertz CT molecular complexity index is 1110. The largest absolute Gasteiger partial charge is 0.368 e. The summed E-state index contributed by atoms with van der Waals surface area (Å²) >= 11 is 0. The number of nitrogens with two attached hydrogens (primary N) is 1. The molecular weight excluding hydrogens is 378 g/mol. The van der Waals surface area contributed by atoms with Gasteiger partial charge in [-0.05, 0) is 17.2 Å². The molecule has 0 radical (unpaired) electrons. The molecule has 0 aliphatic heterocycles. The van der Waals surface area contributed by atoms with E-state index in [2.05, 4.69) is 14.7 Å². The molecule has 146 valence electrons. The van der Waals surface area contributed by atoms with Crippen molar-refractivity contribution >= 4 is 32.8 Å². The summed E-state index contributed by atoms with van der Waals surface area (Å²) in [5, 5.41) is 0.649. The van der Waals surface area contributed by atoms with Crippen LogP contribution in [0.5, 0.6) is 0 Å². The van der Waals surface area contributed by atoms with Gasteiger partial charge in [0, 0.05) is 25.5 Å². The highest BCUT2D eigenvalue weighted by molar-refractivity contribution is 7.88. The second kappa shape index (κ2) is 7.91. The standard InChI is InChI=1S/C19H21N5O3S/c1-24(12-14-9-7-13(8-10-14)11-21-28(2,26)27)18(25)17-15-5-3-4-6-16(15)22-19(20)23-17/h3-10,21H,11-12H2,1-2H3,(H2,20,22,23). The van der Waals surface area contributed by atoms with Crippen LogP contribution < -0.4 is 10.5 Å². The zero-order chi connectivity index (χ0) is 20.3. The molecule has 1 amide bonds. The van der Waals surface area contributed by atoms with E-state index < -0.39 is 10.0 Å². The van der Waals surface area contributed by atoms with Gasteiger partial charge >= 0.3 is 0 Å². The summed E-state index contributed by atoms with van der Waals surface area (Å²) in [5.41, 5.74) is 8.37. The van der Waals surface area contributed by atoms with Crippen molar-refractivity contribution in [3.05, 3.63) is 65.4 Å². The van der Waals surface area contributed by atoms with Gasteiger partial charge in [-0.3, -0.25) is 4.79 Å². The van der Waals surface area contributed by atoms with Crippen molar-refractivity contribution < 1.29 is 13.2 Å². The van der Waals surface area contributed by atoms with Gasteiger partial charge in [0.1, 0.15) is 5.69 Å². The lowest BCUT2D eigenvalue weighted by Gasteiger charge is -2.18. The summed E-state index contributed by atoms with van der Waals surface area (Å²) in [6.45, 7) is 0.594. The number of hydrogen-bond acceptors (Lipinski definition) is 6. The topological polar surface area (TPSA) is 118 Å². The number of nitrogens with zero attached hydrogens (tertiary/aromatic N) is 3. The maximum absolute atomic E-state index is 12.9. The molecule has 8 nitrogen and oxygen atoms in total. The normalized spacial score (nSPS) is 11.5. The van der Waals surface area contributed by atoms with E-state index in [-0.39, 0.29) is 24.1 Å². The van der Waals surface area contributed by atoms with Gasteiger partial charge in [-0.1, -0.05) is 42.5 Å². The number of fused-ring (bicyclic) bond motifs is 1. The second-order valence-corrected chi connectivity index (χ2v) is 8.35. The van der Waals surface area contributed by atoms with Gasteiger partial charge in [0.2, 0.25) is 16.0 Å². The third kappa shape index (κ3) is 4.81. The fraction of sp³-hybridized carbons (Fsp3) is 0.211. The molecule has 9 heteroatoms. The number of carbonyl (C=O) groups is 1. The van der Waals surface area contributed by atoms with Gasteiger partial charge in [0.05, 0.1) is 11.8 Å². The zero-order valence-electron chi connectivity index (χ0n) is 15.6. The van der Waals surface area contributed by atoms with E-state index in [4.69, 9.17) is 5.73 Å².